The first-order valence-corrected chi connectivity index (χ1v) is 6.62. The van der Waals surface area contributed by atoms with Crippen molar-refractivity contribution in [3.8, 4) is 0 Å². The molecule has 2 aliphatic heterocycles. The van der Waals surface area contributed by atoms with Crippen LogP contribution in [0.15, 0.2) is 18.2 Å². The Kier molecular flexibility index (Phi) is 3.23. The summed E-state index contributed by atoms with van der Waals surface area (Å²) >= 11 is 0. The number of carbonyl (C=O) groups is 3. The van der Waals surface area contributed by atoms with Crippen molar-refractivity contribution in [2.24, 2.45) is 5.92 Å². The van der Waals surface area contributed by atoms with Gasteiger partial charge in [-0.2, -0.15) is 0 Å². The first-order chi connectivity index (χ1) is 10.1. The van der Waals surface area contributed by atoms with E-state index < -0.39 is 23.6 Å². The van der Waals surface area contributed by atoms with Gasteiger partial charge in [-0.15, -0.1) is 0 Å². The maximum atomic E-state index is 12.5. The van der Waals surface area contributed by atoms with Gasteiger partial charge in [0.2, 0.25) is 5.91 Å². The van der Waals surface area contributed by atoms with Crippen LogP contribution in [0.4, 0.5) is 5.69 Å². The van der Waals surface area contributed by atoms with Crippen LogP contribution in [-0.2, 0) is 9.53 Å². The lowest BCUT2D eigenvalue weighted by Gasteiger charge is -2.20. The second-order valence-corrected chi connectivity index (χ2v) is 5.09. The standard InChI is InChI=1S/C14H15N3O4/c1-16-10-6-21-5-8(10)13(19)17-12(18)7-3-2-4-9(15)11(7)14(17)20/h2-4,8,10,16H,5-6,15H2,1H3. The molecule has 1 fully saturated rings. The van der Waals surface area contributed by atoms with Gasteiger partial charge < -0.3 is 15.8 Å². The molecule has 1 aromatic rings. The predicted molar refractivity (Wildman–Crippen MR) is 73.5 cm³/mol. The number of amides is 3. The van der Waals surface area contributed by atoms with E-state index in [1.54, 1.807) is 13.1 Å². The molecule has 1 saturated heterocycles. The molecule has 0 aromatic heterocycles. The fourth-order valence-electron chi connectivity index (χ4n) is 2.76. The number of anilines is 1. The summed E-state index contributed by atoms with van der Waals surface area (Å²) in [7, 11) is 1.71. The van der Waals surface area contributed by atoms with Gasteiger partial charge in [0.25, 0.3) is 11.8 Å². The molecule has 0 saturated carbocycles. The summed E-state index contributed by atoms with van der Waals surface area (Å²) in [5, 5.41) is 2.96. The van der Waals surface area contributed by atoms with Crippen LogP contribution in [0.2, 0.25) is 0 Å². The zero-order valence-electron chi connectivity index (χ0n) is 11.5. The normalized spacial score (nSPS) is 24.5. The molecular weight excluding hydrogens is 274 g/mol. The Morgan fingerprint density at radius 2 is 2.10 bits per heavy atom. The van der Waals surface area contributed by atoms with Crippen molar-refractivity contribution in [3.63, 3.8) is 0 Å². The lowest BCUT2D eigenvalue weighted by atomic mass is 10.0. The molecule has 3 N–H and O–H groups in total. The lowest BCUT2D eigenvalue weighted by molar-refractivity contribution is -0.130. The Bertz CT molecular complexity index is 643. The number of imide groups is 3. The van der Waals surface area contributed by atoms with Crippen molar-refractivity contribution < 1.29 is 19.1 Å². The van der Waals surface area contributed by atoms with E-state index in [-0.39, 0.29) is 29.5 Å². The molecule has 2 heterocycles. The third-order valence-corrected chi connectivity index (χ3v) is 3.94. The van der Waals surface area contributed by atoms with E-state index in [1.165, 1.54) is 12.1 Å². The summed E-state index contributed by atoms with van der Waals surface area (Å²) < 4.78 is 5.26. The first-order valence-electron chi connectivity index (χ1n) is 6.62. The molecule has 3 rings (SSSR count). The highest BCUT2D eigenvalue weighted by molar-refractivity contribution is 6.30. The van der Waals surface area contributed by atoms with E-state index in [2.05, 4.69) is 5.32 Å². The van der Waals surface area contributed by atoms with Gasteiger partial charge in [0, 0.05) is 11.7 Å². The summed E-state index contributed by atoms with van der Waals surface area (Å²) in [4.78, 5) is 37.9. The van der Waals surface area contributed by atoms with Crippen LogP contribution in [0, 0.1) is 5.92 Å². The fourth-order valence-corrected chi connectivity index (χ4v) is 2.76. The summed E-state index contributed by atoms with van der Waals surface area (Å²) in [6.07, 6.45) is 0. The molecule has 7 heteroatoms. The molecule has 3 amide bonds. The van der Waals surface area contributed by atoms with Crippen LogP contribution in [0.5, 0.6) is 0 Å². The number of rotatable bonds is 2. The third-order valence-electron chi connectivity index (χ3n) is 3.94. The highest BCUT2D eigenvalue weighted by Crippen LogP contribution is 2.29. The minimum Gasteiger partial charge on any atom is -0.398 e. The topological polar surface area (TPSA) is 102 Å². The van der Waals surface area contributed by atoms with Gasteiger partial charge in [-0.1, -0.05) is 6.07 Å². The highest BCUT2D eigenvalue weighted by Gasteiger charge is 2.46. The number of hydrogen-bond acceptors (Lipinski definition) is 6. The molecule has 0 bridgehead atoms. The van der Waals surface area contributed by atoms with E-state index in [1.807, 2.05) is 0 Å². The number of nitrogens with zero attached hydrogens (tertiary/aromatic N) is 1. The smallest absolute Gasteiger partial charge is 0.270 e. The zero-order valence-corrected chi connectivity index (χ0v) is 11.5. The zero-order chi connectivity index (χ0) is 15.1. The molecule has 7 nitrogen and oxygen atoms in total. The van der Waals surface area contributed by atoms with Crippen LogP contribution < -0.4 is 11.1 Å². The number of benzene rings is 1. The maximum absolute atomic E-state index is 12.5. The number of ether oxygens (including phenoxy) is 1. The van der Waals surface area contributed by atoms with Crippen LogP contribution in [-0.4, -0.2) is 48.9 Å². The monoisotopic (exact) mass is 289 g/mol. The van der Waals surface area contributed by atoms with Crippen molar-refractivity contribution in [1.82, 2.24) is 10.2 Å². The number of likely N-dealkylation sites (N-methyl/N-ethyl adjacent to an activating group) is 1. The highest BCUT2D eigenvalue weighted by atomic mass is 16.5. The quantitative estimate of drug-likeness (QED) is 0.569. The summed E-state index contributed by atoms with van der Waals surface area (Å²) in [6, 6.07) is 4.41. The Labute approximate surface area is 121 Å². The maximum Gasteiger partial charge on any atom is 0.270 e. The van der Waals surface area contributed by atoms with Crippen molar-refractivity contribution in [2.75, 3.05) is 26.0 Å². The van der Waals surface area contributed by atoms with Gasteiger partial charge in [-0.3, -0.25) is 14.4 Å². The fraction of sp³-hybridized carbons (Fsp3) is 0.357. The van der Waals surface area contributed by atoms with Gasteiger partial charge in [0.1, 0.15) is 0 Å². The average Bonchev–Trinajstić information content (AvgIpc) is 3.03. The van der Waals surface area contributed by atoms with Crippen molar-refractivity contribution in [2.45, 2.75) is 6.04 Å². The largest absolute Gasteiger partial charge is 0.398 e. The molecule has 0 aliphatic carbocycles. The number of nitrogen functional groups attached to an aromatic ring is 1. The minimum atomic E-state index is -0.653. The van der Waals surface area contributed by atoms with Gasteiger partial charge in [0.15, 0.2) is 0 Å². The molecule has 0 radical (unpaired) electrons. The SMILES string of the molecule is CNC1COCC1C(=O)N1C(=O)c2cccc(N)c2C1=O. The number of hydrogen-bond donors (Lipinski definition) is 2. The Morgan fingerprint density at radius 1 is 1.33 bits per heavy atom. The Morgan fingerprint density at radius 3 is 2.76 bits per heavy atom. The molecule has 2 atom stereocenters. The Balaban J connectivity index is 1.95. The number of nitrogens with two attached hydrogens (primary N) is 1. The van der Waals surface area contributed by atoms with Gasteiger partial charge >= 0.3 is 0 Å². The van der Waals surface area contributed by atoms with Gasteiger partial charge in [-0.25, -0.2) is 4.90 Å². The van der Waals surface area contributed by atoms with Crippen LogP contribution in [0.25, 0.3) is 0 Å². The molecular formula is C14H15N3O4. The van der Waals surface area contributed by atoms with Gasteiger partial charge in [0.05, 0.1) is 30.3 Å². The third kappa shape index (κ3) is 1.93. The second-order valence-electron chi connectivity index (χ2n) is 5.09. The molecule has 1 aromatic carbocycles. The molecule has 0 spiro atoms. The van der Waals surface area contributed by atoms with E-state index >= 15 is 0 Å². The molecule has 21 heavy (non-hydrogen) atoms. The van der Waals surface area contributed by atoms with E-state index in [0.29, 0.717) is 11.5 Å². The molecule has 2 aliphatic rings. The number of nitrogens with one attached hydrogen (secondary N) is 1. The van der Waals surface area contributed by atoms with E-state index in [4.69, 9.17) is 10.5 Å². The first kappa shape index (κ1) is 13.7. The number of carbonyl (C=O) groups excluding carboxylic acids is 3. The molecule has 110 valence electrons. The minimum absolute atomic E-state index is 0.107. The Hall–Kier alpha value is -2.25. The number of fused-ring (bicyclic) bond motifs is 1. The molecule has 2 unspecified atom stereocenters. The summed E-state index contributed by atoms with van der Waals surface area (Å²) in [6.45, 7) is 0.561. The van der Waals surface area contributed by atoms with Gasteiger partial charge in [-0.05, 0) is 19.2 Å². The van der Waals surface area contributed by atoms with E-state index in [9.17, 15) is 14.4 Å². The second kappa shape index (κ2) is 4.94. The van der Waals surface area contributed by atoms with Crippen molar-refractivity contribution in [3.05, 3.63) is 29.3 Å². The van der Waals surface area contributed by atoms with Crippen LogP contribution >= 0.6 is 0 Å². The van der Waals surface area contributed by atoms with Crippen molar-refractivity contribution in [1.29, 1.82) is 0 Å². The van der Waals surface area contributed by atoms with Crippen LogP contribution in [0.3, 0.4) is 0 Å². The van der Waals surface area contributed by atoms with Crippen molar-refractivity contribution >= 4 is 23.4 Å². The van der Waals surface area contributed by atoms with E-state index in [0.717, 1.165) is 0 Å². The average molecular weight is 289 g/mol. The van der Waals surface area contributed by atoms with Crippen LogP contribution in [0.1, 0.15) is 20.7 Å². The summed E-state index contributed by atoms with van der Waals surface area (Å²) in [5.74, 6) is -2.37. The lowest BCUT2D eigenvalue weighted by Crippen LogP contribution is -2.47. The summed E-state index contributed by atoms with van der Waals surface area (Å²) in [5.41, 5.74) is 6.23. The predicted octanol–water partition coefficient (Wildman–Crippen LogP) is -0.374.